The lowest BCUT2D eigenvalue weighted by Crippen LogP contribution is -2.39. The normalized spacial score (nSPS) is 13.6. The van der Waals surface area contributed by atoms with E-state index in [2.05, 4.69) is 4.72 Å². The zero-order chi connectivity index (χ0) is 25.7. The molecule has 0 aromatic heterocycles. The van der Waals surface area contributed by atoms with Gasteiger partial charge in [0.15, 0.2) is 0 Å². The van der Waals surface area contributed by atoms with Crippen LogP contribution in [0.15, 0.2) is 18.2 Å². The van der Waals surface area contributed by atoms with E-state index >= 15 is 0 Å². The van der Waals surface area contributed by atoms with Crippen LogP contribution in [0.4, 0.5) is 10.5 Å². The lowest BCUT2D eigenvalue weighted by Gasteiger charge is -2.27. The smallest absolute Gasteiger partial charge is 0.410 e. The Balaban J connectivity index is 2.02. The average Bonchev–Trinajstić information content (AvgIpc) is 2.93. The molecule has 1 aliphatic heterocycles. The summed E-state index contributed by atoms with van der Waals surface area (Å²) in [5, 5.41) is 8.88. The molecule has 0 saturated carbocycles. The first kappa shape index (κ1) is 27.1. The Bertz CT molecular complexity index is 1060. The zero-order valence-electron chi connectivity index (χ0n) is 19.5. The summed E-state index contributed by atoms with van der Waals surface area (Å²) in [7, 11) is -2.37. The van der Waals surface area contributed by atoms with Crippen LogP contribution in [0.3, 0.4) is 0 Å². The van der Waals surface area contributed by atoms with Crippen LogP contribution in [0.5, 0.6) is 0 Å². The molecular weight excluding hydrogens is 470 g/mol. The highest BCUT2D eigenvalue weighted by molar-refractivity contribution is 7.92. The molecule has 0 spiro atoms. The Hall–Kier alpha value is -3.19. The lowest BCUT2D eigenvalue weighted by molar-refractivity contribution is -0.137. The molecule has 3 amide bonds. The summed E-state index contributed by atoms with van der Waals surface area (Å²) in [4.78, 5) is 49.8. The summed E-state index contributed by atoms with van der Waals surface area (Å²) in [6, 6.07) is 3.78. The van der Waals surface area contributed by atoms with Crippen molar-refractivity contribution in [3.63, 3.8) is 0 Å². The van der Waals surface area contributed by atoms with Gasteiger partial charge in [0.25, 0.3) is 11.8 Å². The van der Waals surface area contributed by atoms with Gasteiger partial charge in [-0.3, -0.25) is 24.0 Å². The molecule has 188 valence electrons. The van der Waals surface area contributed by atoms with Gasteiger partial charge < -0.3 is 19.5 Å². The van der Waals surface area contributed by atoms with Crippen LogP contribution in [0, 0.1) is 0 Å². The average molecular weight is 500 g/mol. The molecule has 13 heteroatoms. The van der Waals surface area contributed by atoms with Crippen LogP contribution in [-0.4, -0.2) is 91.9 Å². The number of carbonyl (C=O) groups excluding carboxylic acids is 3. The monoisotopic (exact) mass is 499 g/mol. The molecule has 0 fully saturated rings. The molecule has 0 saturated heterocycles. The Morgan fingerprint density at radius 2 is 1.76 bits per heavy atom. The maximum atomic E-state index is 12.5. The lowest BCUT2D eigenvalue weighted by atomic mass is 10.1. The number of sulfonamides is 1. The van der Waals surface area contributed by atoms with Gasteiger partial charge in [0.2, 0.25) is 10.0 Å². The molecule has 1 aromatic rings. The number of carboxylic acids is 1. The Labute approximate surface area is 197 Å². The number of benzene rings is 1. The highest BCUT2D eigenvalue weighted by atomic mass is 32.2. The number of rotatable bonds is 11. The molecule has 0 unspecified atom stereocenters. The number of nitrogens with one attached hydrogen (secondary N) is 1. The molecule has 0 aliphatic carbocycles. The maximum Gasteiger partial charge on any atom is 0.410 e. The molecular formula is C21H29N3O9S. The Morgan fingerprint density at radius 3 is 2.35 bits per heavy atom. The molecule has 0 atom stereocenters. The quantitative estimate of drug-likeness (QED) is 0.429. The van der Waals surface area contributed by atoms with Crippen molar-refractivity contribution in [2.75, 3.05) is 43.8 Å². The zero-order valence-corrected chi connectivity index (χ0v) is 20.3. The van der Waals surface area contributed by atoms with E-state index < -0.39 is 46.0 Å². The third kappa shape index (κ3) is 7.42. The molecule has 1 aromatic carbocycles. The van der Waals surface area contributed by atoms with Crippen molar-refractivity contribution in [3.05, 3.63) is 29.3 Å². The second kappa shape index (κ2) is 10.8. The first-order chi connectivity index (χ1) is 15.7. The van der Waals surface area contributed by atoms with Crippen molar-refractivity contribution in [3.8, 4) is 0 Å². The predicted octanol–water partition coefficient (Wildman–Crippen LogP) is 1.38. The largest absolute Gasteiger partial charge is 0.480 e. The number of ether oxygens (including phenoxy) is 2. The third-order valence-electron chi connectivity index (χ3n) is 4.60. The number of fused-ring (bicyclic) bond motifs is 1. The molecule has 34 heavy (non-hydrogen) atoms. The third-order valence-corrected chi connectivity index (χ3v) is 5.97. The number of imide groups is 1. The number of amides is 3. The number of carboxylic acid groups (broad SMARTS) is 1. The van der Waals surface area contributed by atoms with E-state index in [9.17, 15) is 27.6 Å². The Kier molecular flexibility index (Phi) is 8.61. The summed E-state index contributed by atoms with van der Waals surface area (Å²) < 4.78 is 37.7. The topological polar surface area (TPSA) is 160 Å². The van der Waals surface area contributed by atoms with Gasteiger partial charge in [-0.1, -0.05) is 0 Å². The highest BCUT2D eigenvalue weighted by Crippen LogP contribution is 2.26. The van der Waals surface area contributed by atoms with Crippen LogP contribution in [0.25, 0.3) is 0 Å². The van der Waals surface area contributed by atoms with Gasteiger partial charge in [0, 0.05) is 25.9 Å². The second-order valence-corrected chi connectivity index (χ2v) is 10.4. The van der Waals surface area contributed by atoms with Crippen molar-refractivity contribution in [2.24, 2.45) is 0 Å². The number of hydrogen-bond acceptors (Lipinski definition) is 8. The molecule has 2 N–H and O–H groups in total. The Morgan fingerprint density at radius 1 is 1.12 bits per heavy atom. The molecule has 0 radical (unpaired) electrons. The summed E-state index contributed by atoms with van der Waals surface area (Å²) in [6.07, 6.45) is -0.477. The molecule has 1 aliphatic rings. The van der Waals surface area contributed by atoms with Crippen molar-refractivity contribution in [1.29, 1.82) is 0 Å². The van der Waals surface area contributed by atoms with E-state index in [4.69, 9.17) is 14.6 Å². The second-order valence-electron chi connectivity index (χ2n) is 8.59. The fourth-order valence-electron chi connectivity index (χ4n) is 3.13. The number of methoxy groups -OCH3 is 1. The van der Waals surface area contributed by atoms with E-state index in [1.807, 2.05) is 0 Å². The molecule has 2 rings (SSSR count). The SMILES string of the molecule is COCCN(CCCS(=O)(=O)Nc1ccc2c(c1)C(=O)N(CC(=O)O)C2=O)C(=O)OC(C)(C)C. The minimum absolute atomic E-state index is 0.000318. The standard InChI is InChI=1S/C21H29N3O9S/c1-21(2,3)33-20(29)23(9-10-32-4)8-5-11-34(30,31)22-14-6-7-15-16(12-14)19(28)24(18(15)27)13-17(25)26/h6-7,12,22H,5,8-11,13H2,1-4H3,(H,25,26). The van der Waals surface area contributed by atoms with Crippen molar-refractivity contribution < 1.29 is 42.2 Å². The summed E-state index contributed by atoms with van der Waals surface area (Å²) in [5.74, 6) is -3.24. The van der Waals surface area contributed by atoms with Gasteiger partial charge >= 0.3 is 12.1 Å². The van der Waals surface area contributed by atoms with Crippen molar-refractivity contribution in [2.45, 2.75) is 32.8 Å². The fraction of sp³-hybridized carbons (Fsp3) is 0.524. The molecule has 12 nitrogen and oxygen atoms in total. The summed E-state index contributed by atoms with van der Waals surface area (Å²) >= 11 is 0. The van der Waals surface area contributed by atoms with E-state index in [0.717, 1.165) is 0 Å². The van der Waals surface area contributed by atoms with Crippen LogP contribution in [0.1, 0.15) is 47.9 Å². The van der Waals surface area contributed by atoms with Gasteiger partial charge in [0.1, 0.15) is 12.1 Å². The van der Waals surface area contributed by atoms with Crippen LogP contribution >= 0.6 is 0 Å². The van der Waals surface area contributed by atoms with Crippen molar-refractivity contribution in [1.82, 2.24) is 9.80 Å². The number of nitrogens with zero attached hydrogens (tertiary/aromatic N) is 2. The van der Waals surface area contributed by atoms with Gasteiger partial charge in [0.05, 0.1) is 23.5 Å². The van der Waals surface area contributed by atoms with E-state index in [-0.39, 0.29) is 48.7 Å². The van der Waals surface area contributed by atoms with Crippen LogP contribution in [-0.2, 0) is 24.3 Å². The van der Waals surface area contributed by atoms with Gasteiger partial charge in [-0.25, -0.2) is 13.2 Å². The first-order valence-corrected chi connectivity index (χ1v) is 12.1. The minimum atomic E-state index is -3.86. The number of carbonyl (C=O) groups is 4. The van der Waals surface area contributed by atoms with E-state index in [0.29, 0.717) is 4.90 Å². The molecule has 1 heterocycles. The summed E-state index contributed by atoms with van der Waals surface area (Å²) in [5.41, 5.74) is -0.731. The fourth-order valence-corrected chi connectivity index (χ4v) is 4.23. The highest BCUT2D eigenvalue weighted by Gasteiger charge is 2.37. The van der Waals surface area contributed by atoms with Crippen LogP contribution < -0.4 is 4.72 Å². The van der Waals surface area contributed by atoms with E-state index in [1.165, 1.54) is 30.2 Å². The maximum absolute atomic E-state index is 12.5. The number of hydrogen-bond donors (Lipinski definition) is 2. The van der Waals surface area contributed by atoms with E-state index in [1.54, 1.807) is 20.8 Å². The van der Waals surface area contributed by atoms with Crippen LogP contribution in [0.2, 0.25) is 0 Å². The number of aliphatic carboxylic acids is 1. The number of anilines is 1. The predicted molar refractivity (Wildman–Crippen MR) is 121 cm³/mol. The van der Waals surface area contributed by atoms with Gasteiger partial charge in [-0.05, 0) is 45.4 Å². The van der Waals surface area contributed by atoms with Crippen molar-refractivity contribution >= 4 is 39.6 Å². The van der Waals surface area contributed by atoms with Gasteiger partial charge in [-0.15, -0.1) is 0 Å². The minimum Gasteiger partial charge on any atom is -0.480 e. The first-order valence-electron chi connectivity index (χ1n) is 10.4. The van der Waals surface area contributed by atoms with Gasteiger partial charge in [-0.2, -0.15) is 0 Å². The summed E-state index contributed by atoms with van der Waals surface area (Å²) in [6.45, 7) is 4.99. The molecule has 0 bridgehead atoms.